The van der Waals surface area contributed by atoms with E-state index in [0.29, 0.717) is 32.0 Å². The molecule has 32 heavy (non-hydrogen) atoms. The molecule has 0 aromatic heterocycles. The maximum absolute atomic E-state index is 12.6. The molecule has 0 radical (unpaired) electrons. The monoisotopic (exact) mass is 569 g/mol. The number of halogens is 4. The van der Waals surface area contributed by atoms with E-state index in [1.807, 2.05) is 0 Å². The first kappa shape index (κ1) is 27.1. The van der Waals surface area contributed by atoms with Gasteiger partial charge in [0.2, 0.25) is 0 Å². The van der Waals surface area contributed by atoms with E-state index in [4.69, 9.17) is 4.74 Å². The summed E-state index contributed by atoms with van der Waals surface area (Å²) in [5.74, 6) is 0.610. The van der Waals surface area contributed by atoms with Crippen LogP contribution < -0.4 is 10.6 Å². The second-order valence-electron chi connectivity index (χ2n) is 8.67. The summed E-state index contributed by atoms with van der Waals surface area (Å²) in [6.45, 7) is 7.56. The van der Waals surface area contributed by atoms with Crippen LogP contribution in [0.15, 0.2) is 29.3 Å². The Morgan fingerprint density at radius 1 is 1.06 bits per heavy atom. The lowest BCUT2D eigenvalue weighted by Gasteiger charge is -2.35. The molecular formula is C22H35F3IN5O. The van der Waals surface area contributed by atoms with Gasteiger partial charge in [-0.2, -0.15) is 13.2 Å². The molecule has 3 unspecified atom stereocenters. The van der Waals surface area contributed by atoms with Crippen molar-refractivity contribution in [3.8, 4) is 0 Å². The number of guanidine groups is 1. The zero-order valence-electron chi connectivity index (χ0n) is 19.0. The highest BCUT2D eigenvalue weighted by atomic mass is 127. The van der Waals surface area contributed by atoms with Crippen LogP contribution in [-0.2, 0) is 17.8 Å². The van der Waals surface area contributed by atoms with Crippen molar-refractivity contribution in [3.63, 3.8) is 0 Å². The third-order valence-electron chi connectivity index (χ3n) is 5.62. The number of aliphatic imine (C=N–C) groups is 1. The minimum Gasteiger partial charge on any atom is -0.373 e. The molecule has 2 aliphatic heterocycles. The fourth-order valence-corrected chi connectivity index (χ4v) is 4.36. The van der Waals surface area contributed by atoms with Crippen LogP contribution in [0.3, 0.4) is 0 Å². The maximum Gasteiger partial charge on any atom is 0.401 e. The van der Waals surface area contributed by atoms with Crippen molar-refractivity contribution in [2.45, 2.75) is 57.8 Å². The lowest BCUT2D eigenvalue weighted by atomic mass is 10.1. The fourth-order valence-electron chi connectivity index (χ4n) is 4.36. The van der Waals surface area contributed by atoms with E-state index < -0.39 is 12.7 Å². The molecule has 2 aliphatic rings. The van der Waals surface area contributed by atoms with Crippen molar-refractivity contribution in [2.24, 2.45) is 4.99 Å². The molecule has 2 fully saturated rings. The molecule has 0 amide bonds. The number of nitrogens with one attached hydrogen (secondary N) is 2. The lowest BCUT2D eigenvalue weighted by Crippen LogP contribution is -2.45. The number of alkyl halides is 3. The van der Waals surface area contributed by atoms with Crippen LogP contribution in [0.4, 0.5) is 13.2 Å². The minimum absolute atomic E-state index is 0. The molecule has 1 aromatic rings. The molecule has 0 aliphatic carbocycles. The van der Waals surface area contributed by atoms with Crippen molar-refractivity contribution in [2.75, 3.05) is 39.8 Å². The van der Waals surface area contributed by atoms with Gasteiger partial charge in [0.25, 0.3) is 0 Å². The topological polar surface area (TPSA) is 52.1 Å². The van der Waals surface area contributed by atoms with Crippen LogP contribution in [0.25, 0.3) is 0 Å². The van der Waals surface area contributed by atoms with Crippen molar-refractivity contribution < 1.29 is 17.9 Å². The first-order valence-electron chi connectivity index (χ1n) is 10.9. The SMILES string of the molecule is CN=C(NCc1ccc(CN2CC(C)OC(C)C2)cc1)NC1CCN(CC(F)(F)F)C1.I. The number of morpholine rings is 1. The lowest BCUT2D eigenvalue weighted by molar-refractivity contribution is -0.143. The number of hydrogen-bond acceptors (Lipinski definition) is 4. The largest absolute Gasteiger partial charge is 0.401 e. The molecule has 0 bridgehead atoms. The van der Waals surface area contributed by atoms with Gasteiger partial charge >= 0.3 is 6.18 Å². The van der Waals surface area contributed by atoms with E-state index in [9.17, 15) is 13.2 Å². The van der Waals surface area contributed by atoms with E-state index in [1.54, 1.807) is 7.05 Å². The van der Waals surface area contributed by atoms with Crippen molar-refractivity contribution in [3.05, 3.63) is 35.4 Å². The number of rotatable bonds is 6. The average molecular weight is 569 g/mol. The Morgan fingerprint density at radius 3 is 2.28 bits per heavy atom. The quantitative estimate of drug-likeness (QED) is 0.313. The zero-order valence-corrected chi connectivity index (χ0v) is 21.3. The van der Waals surface area contributed by atoms with E-state index in [-0.39, 0.29) is 42.2 Å². The van der Waals surface area contributed by atoms with Gasteiger partial charge in [-0.3, -0.25) is 14.8 Å². The molecule has 0 spiro atoms. The van der Waals surface area contributed by atoms with Gasteiger partial charge in [-0.25, -0.2) is 0 Å². The van der Waals surface area contributed by atoms with Crippen LogP contribution in [0.5, 0.6) is 0 Å². The van der Waals surface area contributed by atoms with Crippen LogP contribution >= 0.6 is 24.0 Å². The van der Waals surface area contributed by atoms with Crippen molar-refractivity contribution >= 4 is 29.9 Å². The van der Waals surface area contributed by atoms with Gasteiger partial charge in [0, 0.05) is 52.4 Å². The van der Waals surface area contributed by atoms with Crippen LogP contribution in [0.1, 0.15) is 31.4 Å². The summed E-state index contributed by atoms with van der Waals surface area (Å²) in [6, 6.07) is 8.45. The third-order valence-corrected chi connectivity index (χ3v) is 5.62. The Hall–Kier alpha value is -1.11. The minimum atomic E-state index is -4.15. The summed E-state index contributed by atoms with van der Waals surface area (Å²) in [5, 5.41) is 6.50. The van der Waals surface area contributed by atoms with E-state index >= 15 is 0 Å². The highest BCUT2D eigenvalue weighted by Crippen LogP contribution is 2.20. The molecule has 2 saturated heterocycles. The average Bonchev–Trinajstić information content (AvgIpc) is 3.10. The second-order valence-corrected chi connectivity index (χ2v) is 8.67. The number of ether oxygens (including phenoxy) is 1. The van der Waals surface area contributed by atoms with Gasteiger partial charge < -0.3 is 15.4 Å². The zero-order chi connectivity index (χ0) is 22.4. The first-order chi connectivity index (χ1) is 14.7. The second kappa shape index (κ2) is 12.4. The molecule has 3 atom stereocenters. The number of benzene rings is 1. The molecule has 10 heteroatoms. The Balaban J connectivity index is 0.00000363. The summed E-state index contributed by atoms with van der Waals surface area (Å²) >= 11 is 0. The summed E-state index contributed by atoms with van der Waals surface area (Å²) in [5.41, 5.74) is 2.39. The van der Waals surface area contributed by atoms with Gasteiger partial charge in [0.15, 0.2) is 5.96 Å². The van der Waals surface area contributed by atoms with E-state index in [2.05, 4.69) is 58.6 Å². The Morgan fingerprint density at radius 2 is 1.69 bits per heavy atom. The predicted octanol–water partition coefficient (Wildman–Crippen LogP) is 3.22. The summed E-state index contributed by atoms with van der Waals surface area (Å²) in [6.07, 6.45) is -2.97. The van der Waals surface area contributed by atoms with E-state index in [1.165, 1.54) is 10.5 Å². The Bertz CT molecular complexity index is 721. The molecule has 2 heterocycles. The Kier molecular flexibility index (Phi) is 10.5. The van der Waals surface area contributed by atoms with Crippen LogP contribution in [-0.4, -0.2) is 80.0 Å². The molecule has 0 saturated carbocycles. The molecule has 6 nitrogen and oxygen atoms in total. The number of likely N-dealkylation sites (tertiary alicyclic amines) is 1. The van der Waals surface area contributed by atoms with Gasteiger partial charge in [0.05, 0.1) is 18.8 Å². The normalized spacial score (nSPS) is 25.4. The molecule has 182 valence electrons. The van der Waals surface area contributed by atoms with Crippen molar-refractivity contribution in [1.82, 2.24) is 20.4 Å². The number of hydrogen-bond donors (Lipinski definition) is 2. The molecule has 2 N–H and O–H groups in total. The summed E-state index contributed by atoms with van der Waals surface area (Å²) in [7, 11) is 1.67. The van der Waals surface area contributed by atoms with Gasteiger partial charge in [-0.15, -0.1) is 24.0 Å². The van der Waals surface area contributed by atoms with Gasteiger partial charge in [-0.05, 0) is 31.4 Å². The maximum atomic E-state index is 12.6. The third kappa shape index (κ3) is 9.03. The highest BCUT2D eigenvalue weighted by molar-refractivity contribution is 14.0. The standard InChI is InChI=1S/C22H34F3N5O.HI/c1-16-11-30(12-17(2)31-16)13-19-6-4-18(5-7-19)10-27-21(26-3)28-20-8-9-29(14-20)15-22(23,24)25;/h4-7,16-17,20H,8-15H2,1-3H3,(H2,26,27,28);1H. The number of nitrogens with zero attached hydrogens (tertiary/aromatic N) is 3. The molecule has 1 aromatic carbocycles. The van der Waals surface area contributed by atoms with Crippen LogP contribution in [0.2, 0.25) is 0 Å². The van der Waals surface area contributed by atoms with Crippen LogP contribution in [0, 0.1) is 0 Å². The predicted molar refractivity (Wildman–Crippen MR) is 131 cm³/mol. The fraction of sp³-hybridized carbons (Fsp3) is 0.682. The van der Waals surface area contributed by atoms with Crippen molar-refractivity contribution in [1.29, 1.82) is 0 Å². The highest BCUT2D eigenvalue weighted by Gasteiger charge is 2.34. The molecule has 3 rings (SSSR count). The van der Waals surface area contributed by atoms with E-state index in [0.717, 1.165) is 25.2 Å². The Labute approximate surface area is 206 Å². The summed E-state index contributed by atoms with van der Waals surface area (Å²) < 4.78 is 43.5. The smallest absolute Gasteiger partial charge is 0.373 e. The van der Waals surface area contributed by atoms with Gasteiger partial charge in [-0.1, -0.05) is 24.3 Å². The summed E-state index contributed by atoms with van der Waals surface area (Å²) in [4.78, 5) is 8.06. The van der Waals surface area contributed by atoms with Gasteiger partial charge in [0.1, 0.15) is 0 Å². The molecular weight excluding hydrogens is 534 g/mol. The first-order valence-corrected chi connectivity index (χ1v) is 10.9.